The van der Waals surface area contributed by atoms with E-state index in [1.54, 1.807) is 0 Å². The number of amides is 1. The normalized spacial score (nSPS) is 16.8. The van der Waals surface area contributed by atoms with Crippen molar-refractivity contribution in [3.63, 3.8) is 0 Å². The largest absolute Gasteiger partial charge is 0.485 e. The van der Waals surface area contributed by atoms with Gasteiger partial charge < -0.3 is 15.2 Å². The number of halogens is 1. The second-order valence-corrected chi connectivity index (χ2v) is 3.61. The third-order valence-corrected chi connectivity index (χ3v) is 2.34. The Kier molecular flexibility index (Phi) is 3.20. The Hall–Kier alpha value is -2.47. The summed E-state index contributed by atoms with van der Waals surface area (Å²) in [5.41, 5.74) is 13.2. The van der Waals surface area contributed by atoms with Crippen molar-refractivity contribution in [3.05, 3.63) is 34.0 Å². The van der Waals surface area contributed by atoms with E-state index in [1.807, 2.05) is 0 Å². The highest BCUT2D eigenvalue weighted by Crippen LogP contribution is 2.36. The monoisotopic (exact) mass is 252 g/mol. The Bertz CT molecular complexity index is 542. The molecule has 2 rings (SSSR count). The van der Waals surface area contributed by atoms with E-state index in [-0.39, 0.29) is 30.2 Å². The van der Waals surface area contributed by atoms with E-state index < -0.39 is 17.8 Å². The second kappa shape index (κ2) is 4.80. The number of primary amides is 1. The van der Waals surface area contributed by atoms with E-state index in [0.717, 1.165) is 12.1 Å². The van der Waals surface area contributed by atoms with Crippen molar-refractivity contribution in [2.75, 3.05) is 13.2 Å². The lowest BCUT2D eigenvalue weighted by atomic mass is 10.1. The quantitative estimate of drug-likeness (QED) is 0.498. The standard InChI is InChI=1S/C10H9FN4O3/c11-5-1-7(10(12)16)9-8(2-5)18-6(4-17-9)3-14-15-13/h1-2,6H,3-4H2,(H2,12,16)/t6-/m0/s1. The first-order chi connectivity index (χ1) is 8.61. The Balaban J connectivity index is 2.32. The number of benzene rings is 1. The minimum absolute atomic E-state index is 0.0539. The maximum Gasteiger partial charge on any atom is 0.252 e. The Morgan fingerprint density at radius 1 is 1.67 bits per heavy atom. The Labute approximate surface area is 101 Å². The average molecular weight is 252 g/mol. The molecule has 1 aromatic carbocycles. The van der Waals surface area contributed by atoms with E-state index >= 15 is 0 Å². The number of hydrogen-bond acceptors (Lipinski definition) is 4. The molecular weight excluding hydrogens is 243 g/mol. The summed E-state index contributed by atoms with van der Waals surface area (Å²) in [6, 6.07) is 2.07. The third kappa shape index (κ3) is 2.28. The number of ether oxygens (including phenoxy) is 2. The predicted octanol–water partition coefficient (Wildman–Crippen LogP) is 1.37. The van der Waals surface area contributed by atoms with Gasteiger partial charge in [0.25, 0.3) is 5.91 Å². The number of carbonyl (C=O) groups is 1. The van der Waals surface area contributed by atoms with Gasteiger partial charge in [0.1, 0.15) is 18.5 Å². The maximum absolute atomic E-state index is 13.3. The van der Waals surface area contributed by atoms with Crippen LogP contribution in [0.1, 0.15) is 10.4 Å². The summed E-state index contributed by atoms with van der Waals surface area (Å²) in [4.78, 5) is 13.7. The molecular formula is C10H9FN4O3. The lowest BCUT2D eigenvalue weighted by Gasteiger charge is -2.26. The topological polar surface area (TPSA) is 110 Å². The van der Waals surface area contributed by atoms with Gasteiger partial charge in [-0.25, -0.2) is 4.39 Å². The minimum Gasteiger partial charge on any atom is -0.485 e. The lowest BCUT2D eigenvalue weighted by molar-refractivity contribution is 0.0895. The van der Waals surface area contributed by atoms with Crippen LogP contribution in [0, 0.1) is 5.82 Å². The molecule has 0 spiro atoms. The summed E-state index contributed by atoms with van der Waals surface area (Å²) in [5.74, 6) is -1.27. The third-order valence-electron chi connectivity index (χ3n) is 2.34. The zero-order valence-corrected chi connectivity index (χ0v) is 9.17. The molecule has 0 bridgehead atoms. The highest BCUT2D eigenvalue weighted by atomic mass is 19.1. The highest BCUT2D eigenvalue weighted by Gasteiger charge is 2.25. The summed E-state index contributed by atoms with van der Waals surface area (Å²) < 4.78 is 23.9. The van der Waals surface area contributed by atoms with Crippen molar-refractivity contribution in [2.45, 2.75) is 6.10 Å². The number of rotatable bonds is 3. The van der Waals surface area contributed by atoms with Crippen molar-refractivity contribution in [1.29, 1.82) is 0 Å². The number of azide groups is 1. The van der Waals surface area contributed by atoms with Gasteiger partial charge in [-0.05, 0) is 11.6 Å². The molecule has 8 heteroatoms. The number of carbonyl (C=O) groups excluding carboxylic acids is 1. The van der Waals surface area contributed by atoms with E-state index in [4.69, 9.17) is 20.7 Å². The molecule has 2 N–H and O–H groups in total. The summed E-state index contributed by atoms with van der Waals surface area (Å²) in [5, 5.41) is 3.34. The molecule has 94 valence electrons. The number of fused-ring (bicyclic) bond motifs is 1. The van der Waals surface area contributed by atoms with Gasteiger partial charge in [-0.3, -0.25) is 4.79 Å². The number of hydrogen-bond donors (Lipinski definition) is 1. The zero-order chi connectivity index (χ0) is 13.1. The van der Waals surface area contributed by atoms with E-state index in [2.05, 4.69) is 10.0 Å². The minimum atomic E-state index is -0.803. The van der Waals surface area contributed by atoms with Crippen molar-refractivity contribution in [2.24, 2.45) is 10.8 Å². The first-order valence-electron chi connectivity index (χ1n) is 5.05. The molecule has 0 aromatic heterocycles. The van der Waals surface area contributed by atoms with Crippen LogP contribution in [0.3, 0.4) is 0 Å². The molecule has 7 nitrogen and oxygen atoms in total. The summed E-state index contributed by atoms with van der Waals surface area (Å²) in [6.45, 7) is 0.149. The van der Waals surface area contributed by atoms with Crippen molar-refractivity contribution >= 4 is 5.91 Å². The fourth-order valence-electron chi connectivity index (χ4n) is 1.60. The van der Waals surface area contributed by atoms with Crippen LogP contribution >= 0.6 is 0 Å². The van der Waals surface area contributed by atoms with Crippen molar-refractivity contribution < 1.29 is 18.7 Å². The van der Waals surface area contributed by atoms with Crippen molar-refractivity contribution in [1.82, 2.24) is 0 Å². The van der Waals surface area contributed by atoms with Gasteiger partial charge in [0.05, 0.1) is 12.1 Å². The molecule has 1 aromatic rings. The molecule has 1 amide bonds. The van der Waals surface area contributed by atoms with Gasteiger partial charge in [-0.1, -0.05) is 5.11 Å². The van der Waals surface area contributed by atoms with Crippen LogP contribution in [0.15, 0.2) is 17.2 Å². The number of nitrogens with zero attached hydrogens (tertiary/aromatic N) is 3. The van der Waals surface area contributed by atoms with Crippen LogP contribution in [0.5, 0.6) is 11.5 Å². The molecule has 1 heterocycles. The van der Waals surface area contributed by atoms with Crippen molar-refractivity contribution in [3.8, 4) is 11.5 Å². The predicted molar refractivity (Wildman–Crippen MR) is 58.8 cm³/mol. The average Bonchev–Trinajstić information content (AvgIpc) is 2.34. The number of nitrogens with two attached hydrogens (primary N) is 1. The molecule has 1 aliphatic rings. The van der Waals surface area contributed by atoms with Crippen LogP contribution in [-0.4, -0.2) is 25.2 Å². The van der Waals surface area contributed by atoms with Crippen LogP contribution < -0.4 is 15.2 Å². The van der Waals surface area contributed by atoms with Crippen LogP contribution in [0.2, 0.25) is 0 Å². The zero-order valence-electron chi connectivity index (χ0n) is 9.17. The highest BCUT2D eigenvalue weighted by molar-refractivity contribution is 5.96. The SMILES string of the molecule is [N-]=[N+]=NC[C@H]1COc2c(cc(F)cc2C(N)=O)O1. The molecule has 18 heavy (non-hydrogen) atoms. The molecule has 0 saturated heterocycles. The summed E-state index contributed by atoms with van der Waals surface area (Å²) in [6.07, 6.45) is -0.518. The van der Waals surface area contributed by atoms with Gasteiger partial charge in [0.2, 0.25) is 0 Å². The van der Waals surface area contributed by atoms with Gasteiger partial charge in [0, 0.05) is 11.0 Å². The lowest BCUT2D eigenvalue weighted by Crippen LogP contribution is -2.32. The fourth-order valence-corrected chi connectivity index (χ4v) is 1.60. The summed E-state index contributed by atoms with van der Waals surface area (Å²) in [7, 11) is 0. The van der Waals surface area contributed by atoms with E-state index in [1.165, 1.54) is 0 Å². The van der Waals surface area contributed by atoms with E-state index in [0.29, 0.717) is 0 Å². The Morgan fingerprint density at radius 3 is 3.11 bits per heavy atom. The smallest absolute Gasteiger partial charge is 0.252 e. The van der Waals surface area contributed by atoms with Gasteiger partial charge >= 0.3 is 0 Å². The van der Waals surface area contributed by atoms with Gasteiger partial charge in [0.15, 0.2) is 11.5 Å². The molecule has 1 aliphatic heterocycles. The van der Waals surface area contributed by atoms with Gasteiger partial charge in [-0.2, -0.15) is 0 Å². The van der Waals surface area contributed by atoms with Crippen LogP contribution in [-0.2, 0) is 0 Å². The molecule has 0 aliphatic carbocycles. The first-order valence-corrected chi connectivity index (χ1v) is 5.05. The molecule has 0 fully saturated rings. The second-order valence-electron chi connectivity index (χ2n) is 3.61. The van der Waals surface area contributed by atoms with Gasteiger partial charge in [-0.15, -0.1) is 0 Å². The van der Waals surface area contributed by atoms with Crippen LogP contribution in [0.25, 0.3) is 10.4 Å². The fraction of sp³-hybridized carbons (Fsp3) is 0.300. The van der Waals surface area contributed by atoms with Crippen LogP contribution in [0.4, 0.5) is 4.39 Å². The molecule has 0 radical (unpaired) electrons. The maximum atomic E-state index is 13.3. The molecule has 1 atom stereocenters. The molecule has 0 saturated carbocycles. The summed E-state index contributed by atoms with van der Waals surface area (Å²) >= 11 is 0. The first kappa shape index (κ1) is 12.0. The Morgan fingerprint density at radius 2 is 2.44 bits per heavy atom. The molecule has 0 unspecified atom stereocenters. The van der Waals surface area contributed by atoms with E-state index in [9.17, 15) is 9.18 Å².